The Morgan fingerprint density at radius 2 is 2.53 bits per heavy atom. The largest absolute Gasteiger partial charge is 0.345 e. The molecule has 82 valence electrons. The number of H-pyrrole nitrogens is 1. The number of rotatable bonds is 2. The van der Waals surface area contributed by atoms with Crippen molar-refractivity contribution in [2.24, 2.45) is 5.11 Å². The van der Waals surface area contributed by atoms with Crippen molar-refractivity contribution in [2.45, 2.75) is 0 Å². The molecule has 0 saturated heterocycles. The molecular formula is C11H7N5O. The molecule has 0 atom stereocenters. The van der Waals surface area contributed by atoms with Gasteiger partial charge in [-0.3, -0.25) is 4.79 Å². The van der Waals surface area contributed by atoms with Crippen molar-refractivity contribution in [1.29, 1.82) is 0 Å². The number of carbonyl (C=O) groups is 1. The topological polar surface area (TPSA) is 94.5 Å². The van der Waals surface area contributed by atoms with Crippen LogP contribution in [-0.2, 0) is 0 Å². The molecule has 0 spiro atoms. The fourth-order valence-electron chi connectivity index (χ4n) is 1.40. The molecule has 2 rings (SSSR count). The summed E-state index contributed by atoms with van der Waals surface area (Å²) in [5.41, 5.74) is 9.95. The molecule has 6 heteroatoms. The van der Waals surface area contributed by atoms with Gasteiger partial charge in [0.25, 0.3) is 0 Å². The van der Waals surface area contributed by atoms with Crippen molar-refractivity contribution < 1.29 is 4.79 Å². The Morgan fingerprint density at radius 3 is 3.29 bits per heavy atom. The Labute approximate surface area is 96.3 Å². The minimum absolute atomic E-state index is 0.113. The van der Waals surface area contributed by atoms with Crippen LogP contribution in [0.15, 0.2) is 23.6 Å². The fourth-order valence-corrected chi connectivity index (χ4v) is 1.40. The van der Waals surface area contributed by atoms with Gasteiger partial charge in [-0.25, -0.2) is 4.98 Å². The molecule has 0 fully saturated rings. The van der Waals surface area contributed by atoms with E-state index in [9.17, 15) is 4.79 Å². The molecule has 0 aromatic carbocycles. The number of aldehydes is 1. The SMILES string of the molecule is [N-]=[N+]=NCC#Cc1cnc2[nH]cc(C=O)c2c1. The average Bonchev–Trinajstić information content (AvgIpc) is 2.77. The van der Waals surface area contributed by atoms with E-state index in [0.717, 1.165) is 11.7 Å². The van der Waals surface area contributed by atoms with Crippen LogP contribution >= 0.6 is 0 Å². The minimum Gasteiger partial charge on any atom is -0.345 e. The normalized spacial score (nSPS) is 9.18. The maximum atomic E-state index is 10.8. The lowest BCUT2D eigenvalue weighted by atomic mass is 10.2. The predicted octanol–water partition coefficient (Wildman–Crippen LogP) is 2.04. The van der Waals surface area contributed by atoms with Crippen LogP contribution in [0.3, 0.4) is 0 Å². The van der Waals surface area contributed by atoms with Gasteiger partial charge in [0.2, 0.25) is 0 Å². The van der Waals surface area contributed by atoms with Crippen LogP contribution in [-0.4, -0.2) is 22.8 Å². The Kier molecular flexibility index (Phi) is 3.05. The van der Waals surface area contributed by atoms with Crippen molar-refractivity contribution in [3.8, 4) is 11.8 Å². The molecule has 2 aromatic rings. The van der Waals surface area contributed by atoms with Gasteiger partial charge in [0.1, 0.15) is 5.65 Å². The van der Waals surface area contributed by atoms with Gasteiger partial charge in [-0.1, -0.05) is 17.0 Å². The second-order valence-corrected chi connectivity index (χ2v) is 3.17. The van der Waals surface area contributed by atoms with Crippen LogP contribution in [0.5, 0.6) is 0 Å². The van der Waals surface area contributed by atoms with Crippen molar-refractivity contribution in [3.63, 3.8) is 0 Å². The van der Waals surface area contributed by atoms with Gasteiger partial charge in [-0.2, -0.15) is 0 Å². The summed E-state index contributed by atoms with van der Waals surface area (Å²) in [6, 6.07) is 1.77. The van der Waals surface area contributed by atoms with E-state index >= 15 is 0 Å². The average molecular weight is 225 g/mol. The first-order valence-electron chi connectivity index (χ1n) is 4.77. The van der Waals surface area contributed by atoms with Gasteiger partial charge in [0, 0.05) is 33.8 Å². The quantitative estimate of drug-likeness (QED) is 0.278. The zero-order chi connectivity index (χ0) is 12.1. The summed E-state index contributed by atoms with van der Waals surface area (Å²) < 4.78 is 0. The summed E-state index contributed by atoms with van der Waals surface area (Å²) in [7, 11) is 0. The minimum atomic E-state index is 0.113. The van der Waals surface area contributed by atoms with Crippen molar-refractivity contribution >= 4 is 17.3 Å². The van der Waals surface area contributed by atoms with Crippen LogP contribution in [0.4, 0.5) is 0 Å². The smallest absolute Gasteiger partial charge is 0.152 e. The third-order valence-corrected chi connectivity index (χ3v) is 2.14. The molecule has 1 N–H and O–H groups in total. The predicted molar refractivity (Wildman–Crippen MR) is 62.4 cm³/mol. The lowest BCUT2D eigenvalue weighted by molar-refractivity contribution is 0.112. The van der Waals surface area contributed by atoms with E-state index in [1.165, 1.54) is 0 Å². The molecule has 0 aliphatic heterocycles. The van der Waals surface area contributed by atoms with Gasteiger partial charge in [-0.15, -0.1) is 0 Å². The number of aromatic nitrogens is 2. The molecule has 2 heterocycles. The Balaban J connectivity index is 2.38. The van der Waals surface area contributed by atoms with Gasteiger partial charge in [0.15, 0.2) is 6.29 Å². The number of nitrogens with zero attached hydrogens (tertiary/aromatic N) is 4. The zero-order valence-corrected chi connectivity index (χ0v) is 8.71. The highest BCUT2D eigenvalue weighted by molar-refractivity contribution is 5.96. The summed E-state index contributed by atoms with van der Waals surface area (Å²) in [6.07, 6.45) is 3.95. The number of pyridine rings is 1. The first-order valence-corrected chi connectivity index (χ1v) is 4.77. The van der Waals surface area contributed by atoms with E-state index in [1.54, 1.807) is 18.5 Å². The number of hydrogen-bond acceptors (Lipinski definition) is 3. The van der Waals surface area contributed by atoms with Crippen LogP contribution < -0.4 is 0 Å². The molecule has 6 nitrogen and oxygen atoms in total. The maximum Gasteiger partial charge on any atom is 0.152 e. The number of hydrogen-bond donors (Lipinski definition) is 1. The number of fused-ring (bicyclic) bond motifs is 1. The van der Waals surface area contributed by atoms with E-state index in [4.69, 9.17) is 5.53 Å². The van der Waals surface area contributed by atoms with Gasteiger partial charge >= 0.3 is 0 Å². The van der Waals surface area contributed by atoms with Gasteiger partial charge < -0.3 is 4.98 Å². The van der Waals surface area contributed by atoms with Crippen LogP contribution in [0, 0.1) is 11.8 Å². The van der Waals surface area contributed by atoms with Crippen molar-refractivity contribution in [1.82, 2.24) is 9.97 Å². The molecule has 0 bridgehead atoms. The fraction of sp³-hybridized carbons (Fsp3) is 0.0909. The summed E-state index contributed by atoms with van der Waals surface area (Å²) in [4.78, 5) is 20.4. The second-order valence-electron chi connectivity index (χ2n) is 3.17. The Morgan fingerprint density at radius 1 is 1.65 bits per heavy atom. The van der Waals surface area contributed by atoms with E-state index in [1.807, 2.05) is 0 Å². The molecule has 0 radical (unpaired) electrons. The van der Waals surface area contributed by atoms with E-state index in [-0.39, 0.29) is 6.54 Å². The lowest BCUT2D eigenvalue weighted by Gasteiger charge is -1.92. The van der Waals surface area contributed by atoms with Gasteiger partial charge in [-0.05, 0) is 11.6 Å². The standard InChI is InChI=1S/C11H7N5O/c12-16-15-3-1-2-8-4-10-9(7-17)6-14-11(10)13-5-8/h4-7H,3H2,(H,13,14). The number of azide groups is 1. The molecular weight excluding hydrogens is 218 g/mol. The molecule has 2 aromatic heterocycles. The maximum absolute atomic E-state index is 10.8. The lowest BCUT2D eigenvalue weighted by Crippen LogP contribution is -1.82. The number of aromatic amines is 1. The van der Waals surface area contributed by atoms with E-state index < -0.39 is 0 Å². The third-order valence-electron chi connectivity index (χ3n) is 2.14. The molecule has 0 unspecified atom stereocenters. The Bertz CT molecular complexity index is 670. The highest BCUT2D eigenvalue weighted by Crippen LogP contribution is 2.15. The van der Waals surface area contributed by atoms with Crippen LogP contribution in [0.2, 0.25) is 0 Å². The molecule has 17 heavy (non-hydrogen) atoms. The highest BCUT2D eigenvalue weighted by Gasteiger charge is 2.03. The summed E-state index contributed by atoms with van der Waals surface area (Å²) >= 11 is 0. The number of nitrogens with one attached hydrogen (secondary N) is 1. The third kappa shape index (κ3) is 2.25. The van der Waals surface area contributed by atoms with Crippen molar-refractivity contribution in [2.75, 3.05) is 6.54 Å². The molecule has 0 aliphatic carbocycles. The highest BCUT2D eigenvalue weighted by atomic mass is 16.1. The Hall–Kier alpha value is -2.77. The van der Waals surface area contributed by atoms with Gasteiger partial charge in [0.05, 0.1) is 6.54 Å². The molecule has 0 amide bonds. The van der Waals surface area contributed by atoms with Crippen LogP contribution in [0.1, 0.15) is 15.9 Å². The first kappa shape index (κ1) is 10.7. The summed E-state index contributed by atoms with van der Waals surface area (Å²) in [5.74, 6) is 5.49. The van der Waals surface area contributed by atoms with E-state index in [0.29, 0.717) is 16.8 Å². The zero-order valence-electron chi connectivity index (χ0n) is 8.71. The molecule has 0 saturated carbocycles. The number of carbonyl (C=O) groups excluding carboxylic acids is 1. The second kappa shape index (κ2) is 4.84. The van der Waals surface area contributed by atoms with Crippen LogP contribution in [0.25, 0.3) is 21.5 Å². The monoisotopic (exact) mass is 225 g/mol. The summed E-state index contributed by atoms with van der Waals surface area (Å²) in [6.45, 7) is 0.113. The van der Waals surface area contributed by atoms with Crippen molar-refractivity contribution in [3.05, 3.63) is 40.0 Å². The molecule has 0 aliphatic rings. The first-order chi connectivity index (χ1) is 8.35. The van der Waals surface area contributed by atoms with E-state index in [2.05, 4.69) is 31.8 Å². The summed E-state index contributed by atoms with van der Waals surface area (Å²) in [5, 5.41) is 4.03.